The molecule has 0 fully saturated rings. The predicted octanol–water partition coefficient (Wildman–Crippen LogP) is 0.530. The molecule has 2 nitrogen and oxygen atoms in total. The number of hydrogen-bond donors (Lipinski definition) is 1. The molecular weight excluding hydrogens is 143 g/mol. The fourth-order valence-electron chi connectivity index (χ4n) is 0. The smallest absolute Gasteiger partial charge is 0 e. The molecule has 0 amide bonds. The van der Waals surface area contributed by atoms with Gasteiger partial charge in [0.15, 0.2) is 0 Å². The van der Waals surface area contributed by atoms with Crippen molar-refractivity contribution in [3.05, 3.63) is 0 Å². The van der Waals surface area contributed by atoms with Crippen molar-refractivity contribution in [2.45, 2.75) is 13.8 Å². The van der Waals surface area contributed by atoms with Crippen LogP contribution in [0.25, 0.3) is 0 Å². The molecule has 41 valence electrons. The van der Waals surface area contributed by atoms with E-state index in [4.69, 9.17) is 8.76 Å². The molecule has 0 atom stereocenters. The van der Waals surface area contributed by atoms with E-state index in [0.29, 0.717) is 0 Å². The zero-order chi connectivity index (χ0) is 5.58. The first-order valence-corrected chi connectivity index (χ1v) is 3.55. The Labute approximate surface area is 72.5 Å². The topological polar surface area (TPSA) is 37.3 Å². The second-order valence-corrected chi connectivity index (χ2v) is 1.51. The zero-order valence-electron chi connectivity index (χ0n) is 4.67. The molecule has 0 heterocycles. The van der Waals surface area contributed by atoms with Gasteiger partial charge in [-0.2, -0.15) is 0 Å². The van der Waals surface area contributed by atoms with E-state index in [-0.39, 0.29) is 29.6 Å². The monoisotopic (exact) mass is 150 g/mol. The molecule has 0 unspecified atom stereocenters. The maximum atomic E-state index is 8.93. The van der Waals surface area contributed by atoms with Gasteiger partial charge in [0.2, 0.25) is 0 Å². The summed E-state index contributed by atoms with van der Waals surface area (Å²) < 4.78 is 16.3. The Morgan fingerprint density at radius 2 is 1.57 bits per heavy atom. The van der Waals surface area contributed by atoms with Crippen LogP contribution >= 0.6 is 0 Å². The molecule has 7 heavy (non-hydrogen) atoms. The molecule has 0 bridgehead atoms. The van der Waals surface area contributed by atoms with Gasteiger partial charge in [-0.15, -0.1) is 0 Å². The molecule has 0 aromatic heterocycles. The molecule has 0 spiro atoms. The quantitative estimate of drug-likeness (QED) is 0.311. The summed E-state index contributed by atoms with van der Waals surface area (Å²) in [6, 6.07) is 0. The van der Waals surface area contributed by atoms with Gasteiger partial charge in [0.05, 0.1) is 0 Å². The fourth-order valence-corrected chi connectivity index (χ4v) is 0. The van der Waals surface area contributed by atoms with E-state index in [9.17, 15) is 0 Å². The molecule has 0 aromatic carbocycles. The number of rotatable bonds is 0. The third-order valence-corrected chi connectivity index (χ3v) is 0. The van der Waals surface area contributed by atoms with E-state index in [1.165, 1.54) is 0 Å². The van der Waals surface area contributed by atoms with Crippen molar-refractivity contribution >= 4 is 50.4 Å². The molecule has 5 heteroatoms. The van der Waals surface area contributed by atoms with Crippen molar-refractivity contribution in [3.8, 4) is 0 Å². The number of hydrogen-bond acceptors (Lipinski definition) is 3. The fraction of sp³-hybridized carbons (Fsp3) is 1.00. The van der Waals surface area contributed by atoms with Gasteiger partial charge in [-0.1, -0.05) is 23.5 Å². The summed E-state index contributed by atoms with van der Waals surface area (Å²) in [7, 11) is -2.03. The second-order valence-electron chi connectivity index (χ2n) is 0.217. The van der Waals surface area contributed by atoms with Gasteiger partial charge < -0.3 is 8.76 Å². The molecule has 0 aliphatic carbocycles. The minimum atomic E-state index is -2.03. The zero-order valence-corrected chi connectivity index (χ0v) is 8.30. The molecule has 1 N–H and O–H groups in total. The average molecular weight is 150 g/mol. The molecule has 0 aliphatic rings. The summed E-state index contributed by atoms with van der Waals surface area (Å²) in [6.45, 7) is 4.00. The van der Waals surface area contributed by atoms with Gasteiger partial charge in [-0.3, -0.25) is 0 Å². The van der Waals surface area contributed by atoms with E-state index in [1.807, 2.05) is 13.8 Å². The van der Waals surface area contributed by atoms with Crippen molar-refractivity contribution in [3.63, 3.8) is 0 Å². The summed E-state index contributed by atoms with van der Waals surface area (Å²) in [5.74, 6) is 0. The third kappa shape index (κ3) is 118. The first-order chi connectivity index (χ1) is 2.73. The van der Waals surface area contributed by atoms with Gasteiger partial charge in [-0.05, 0) is 0 Å². The maximum Gasteiger partial charge on any atom is 0 e. The Hall–Kier alpha value is 1.33. The minimum Gasteiger partial charge on any atom is -0.459 e. The summed E-state index contributed by atoms with van der Waals surface area (Å²) in [4.78, 5) is 0. The van der Waals surface area contributed by atoms with E-state index in [0.717, 1.165) is 0 Å². The molecule has 0 saturated heterocycles. The Morgan fingerprint density at radius 3 is 1.57 bits per heavy atom. The van der Waals surface area contributed by atoms with Crippen LogP contribution in [0.3, 0.4) is 0 Å². The van der Waals surface area contributed by atoms with Crippen LogP contribution in [-0.2, 0) is 25.0 Å². The van der Waals surface area contributed by atoms with Crippen LogP contribution in [0.5, 0.6) is 0 Å². The van der Waals surface area contributed by atoms with E-state index >= 15 is 0 Å². The molecule has 0 aromatic rings. The molecule has 0 saturated carbocycles. The van der Waals surface area contributed by atoms with Crippen molar-refractivity contribution in [2.75, 3.05) is 0 Å². The second kappa shape index (κ2) is 15.7. The standard InChI is InChI=1S/C2H6.Na.HO2S2/c1-2;;1-4(2)3/h1-2H3;;(H,1,2,3)/q;;-1. The van der Waals surface area contributed by atoms with Crippen molar-refractivity contribution in [1.82, 2.24) is 0 Å². The van der Waals surface area contributed by atoms with Gasteiger partial charge in [0.25, 0.3) is 0 Å². The van der Waals surface area contributed by atoms with Crippen molar-refractivity contribution in [2.24, 2.45) is 0 Å². The SMILES string of the molecule is CC.O=[S-](O)=S.[Na]. The summed E-state index contributed by atoms with van der Waals surface area (Å²) in [5, 5.41) is 0. The van der Waals surface area contributed by atoms with Gasteiger partial charge in [0, 0.05) is 29.6 Å². The van der Waals surface area contributed by atoms with Crippen LogP contribution in [-0.4, -0.2) is 34.1 Å². The van der Waals surface area contributed by atoms with E-state index in [2.05, 4.69) is 11.2 Å². The van der Waals surface area contributed by atoms with Crippen LogP contribution in [0.1, 0.15) is 13.8 Å². The first-order valence-electron chi connectivity index (χ1n) is 1.52. The van der Waals surface area contributed by atoms with Gasteiger partial charge >= 0.3 is 0 Å². The average Bonchev–Trinajstić information content (AvgIpc) is 1.41. The Balaban J connectivity index is -0.0000000480. The molecular formula is C2H7NaO2S2-. The van der Waals surface area contributed by atoms with Crippen molar-refractivity contribution in [1.29, 1.82) is 0 Å². The predicted molar refractivity (Wildman–Crippen MR) is 35.1 cm³/mol. The Morgan fingerprint density at radius 1 is 1.57 bits per heavy atom. The normalized spacial score (nSPS) is 5.71. The van der Waals surface area contributed by atoms with Crippen LogP contribution in [0.15, 0.2) is 0 Å². The van der Waals surface area contributed by atoms with Crippen LogP contribution in [0.2, 0.25) is 0 Å². The summed E-state index contributed by atoms with van der Waals surface area (Å²) in [6.07, 6.45) is 0. The third-order valence-electron chi connectivity index (χ3n) is 0. The van der Waals surface area contributed by atoms with Crippen LogP contribution in [0.4, 0.5) is 0 Å². The Kier molecular flexibility index (Phi) is 35.3. The summed E-state index contributed by atoms with van der Waals surface area (Å²) in [5.41, 5.74) is 0. The molecule has 0 aliphatic heterocycles. The molecule has 1 radical (unpaired) electrons. The van der Waals surface area contributed by atoms with Gasteiger partial charge in [0.1, 0.15) is 0 Å². The van der Waals surface area contributed by atoms with E-state index in [1.54, 1.807) is 0 Å². The van der Waals surface area contributed by atoms with Crippen molar-refractivity contribution < 1.29 is 8.76 Å². The Bertz CT molecular complexity index is 62.1. The first kappa shape index (κ1) is 15.8. The summed E-state index contributed by atoms with van der Waals surface area (Å²) >= 11 is 3.65. The van der Waals surface area contributed by atoms with Gasteiger partial charge in [-0.25, -0.2) is 11.2 Å². The largest absolute Gasteiger partial charge is 0.459 e. The van der Waals surface area contributed by atoms with E-state index < -0.39 is 9.64 Å². The van der Waals surface area contributed by atoms with Crippen LogP contribution in [0, 0.1) is 0 Å². The molecule has 0 rings (SSSR count). The van der Waals surface area contributed by atoms with Crippen LogP contribution < -0.4 is 0 Å². The minimum absolute atomic E-state index is 0. The maximum absolute atomic E-state index is 8.93.